The first kappa shape index (κ1) is 17.9. The molecule has 5 rings (SSSR count). The van der Waals surface area contributed by atoms with E-state index in [1.165, 1.54) is 0 Å². The van der Waals surface area contributed by atoms with Gasteiger partial charge in [-0.25, -0.2) is 4.98 Å². The second-order valence-corrected chi connectivity index (χ2v) is 7.94. The molecule has 2 aromatic heterocycles. The number of nitrogens with one attached hydrogen (secondary N) is 2. The second-order valence-electron chi connectivity index (χ2n) is 6.75. The van der Waals surface area contributed by atoms with Crippen molar-refractivity contribution in [1.29, 1.82) is 0 Å². The van der Waals surface area contributed by atoms with Crippen molar-refractivity contribution < 1.29 is 4.79 Å². The minimum absolute atomic E-state index is 0.127. The fourth-order valence-corrected chi connectivity index (χ4v) is 4.41. The van der Waals surface area contributed by atoms with Crippen LogP contribution in [0.5, 0.6) is 0 Å². The summed E-state index contributed by atoms with van der Waals surface area (Å²) in [4.78, 5) is 17.8. The van der Waals surface area contributed by atoms with E-state index in [9.17, 15) is 4.79 Å². The van der Waals surface area contributed by atoms with Gasteiger partial charge >= 0.3 is 0 Å². The number of aromatic nitrogens is 1. The van der Waals surface area contributed by atoms with Crippen molar-refractivity contribution >= 4 is 45.9 Å². The smallest absolute Gasteiger partial charge is 0.196 e. The number of carbonyl (C=O) groups excluding carboxylic acids is 1. The molecule has 4 aromatic rings. The highest BCUT2D eigenvalue weighted by molar-refractivity contribution is 7.08. The van der Waals surface area contributed by atoms with Gasteiger partial charge in [0.1, 0.15) is 5.82 Å². The first-order valence-electron chi connectivity index (χ1n) is 9.15. The summed E-state index contributed by atoms with van der Waals surface area (Å²) in [5.74, 6) is 0.621. The zero-order chi connectivity index (χ0) is 19.8. The molecule has 0 saturated heterocycles. The number of thiophene rings is 1. The van der Waals surface area contributed by atoms with Crippen molar-refractivity contribution in [3.63, 3.8) is 0 Å². The van der Waals surface area contributed by atoms with Gasteiger partial charge < -0.3 is 10.6 Å². The fourth-order valence-electron chi connectivity index (χ4n) is 3.48. The molecule has 2 N–H and O–H groups in total. The van der Waals surface area contributed by atoms with Crippen LogP contribution < -0.4 is 10.6 Å². The highest BCUT2D eigenvalue weighted by atomic mass is 35.5. The molecular weight excluding hydrogens is 402 g/mol. The van der Waals surface area contributed by atoms with Crippen LogP contribution in [0, 0.1) is 0 Å². The molecule has 0 radical (unpaired) electrons. The number of halogens is 1. The van der Waals surface area contributed by atoms with Crippen LogP contribution in [-0.4, -0.2) is 10.8 Å². The number of hydrogen-bond acceptors (Lipinski definition) is 5. The number of hydrogen-bond donors (Lipinski definition) is 2. The van der Waals surface area contributed by atoms with Crippen LogP contribution in [0.2, 0.25) is 5.02 Å². The minimum atomic E-state index is -0.127. The lowest BCUT2D eigenvalue weighted by Gasteiger charge is -2.14. The van der Waals surface area contributed by atoms with Crippen LogP contribution in [0.15, 0.2) is 71.6 Å². The molecule has 0 spiro atoms. The Morgan fingerprint density at radius 3 is 2.79 bits per heavy atom. The summed E-state index contributed by atoms with van der Waals surface area (Å²) in [6.45, 7) is 0.636. The molecular formula is C23H16ClN3OS. The number of para-hydroxylation sites is 1. The standard InChI is InChI=1S/C23H16ClN3OS/c24-19-11-14(16-8-10-29-13-16)6-7-17(19)22(28)18-4-1-5-20-21(18)27-23-15(12-26-20)3-2-9-25-23/h1-11,13,26H,12H2,(H,25,27). The Morgan fingerprint density at radius 1 is 1.03 bits per heavy atom. The molecule has 0 amide bonds. The number of nitrogens with zero attached hydrogens (tertiary/aromatic N) is 1. The Balaban J connectivity index is 1.55. The quantitative estimate of drug-likeness (QED) is 0.380. The average Bonchev–Trinajstić information content (AvgIpc) is 3.21. The summed E-state index contributed by atoms with van der Waals surface area (Å²) < 4.78 is 0. The predicted molar refractivity (Wildman–Crippen MR) is 119 cm³/mol. The van der Waals surface area contributed by atoms with Gasteiger partial charge in [0.15, 0.2) is 5.78 Å². The summed E-state index contributed by atoms with van der Waals surface area (Å²) in [6.07, 6.45) is 1.74. The lowest BCUT2D eigenvalue weighted by Crippen LogP contribution is -2.07. The fraction of sp³-hybridized carbons (Fsp3) is 0.0435. The van der Waals surface area contributed by atoms with Gasteiger partial charge in [-0.2, -0.15) is 11.3 Å². The van der Waals surface area contributed by atoms with Crippen molar-refractivity contribution in [3.8, 4) is 11.1 Å². The zero-order valence-corrected chi connectivity index (χ0v) is 16.8. The van der Waals surface area contributed by atoms with Crippen molar-refractivity contribution in [2.45, 2.75) is 6.54 Å². The Bertz CT molecular complexity index is 1220. The van der Waals surface area contributed by atoms with Crippen LogP contribution in [0.3, 0.4) is 0 Å². The Labute approximate surface area is 177 Å². The lowest BCUT2D eigenvalue weighted by molar-refractivity contribution is 0.103. The zero-order valence-electron chi connectivity index (χ0n) is 15.3. The summed E-state index contributed by atoms with van der Waals surface area (Å²) in [6, 6.07) is 17.2. The van der Waals surface area contributed by atoms with E-state index in [1.807, 2.05) is 53.9 Å². The van der Waals surface area contributed by atoms with E-state index in [1.54, 1.807) is 23.6 Å². The summed E-state index contributed by atoms with van der Waals surface area (Å²) in [7, 11) is 0. The van der Waals surface area contributed by atoms with Gasteiger partial charge in [0.05, 0.1) is 16.4 Å². The number of anilines is 3. The first-order valence-corrected chi connectivity index (χ1v) is 10.5. The van der Waals surface area contributed by atoms with Gasteiger partial charge in [-0.15, -0.1) is 0 Å². The van der Waals surface area contributed by atoms with Crippen molar-refractivity contribution in [1.82, 2.24) is 4.98 Å². The third-order valence-electron chi connectivity index (χ3n) is 4.98. The maximum Gasteiger partial charge on any atom is 0.196 e. The van der Waals surface area contributed by atoms with Gasteiger partial charge in [0.25, 0.3) is 0 Å². The molecule has 29 heavy (non-hydrogen) atoms. The molecule has 0 bridgehead atoms. The van der Waals surface area contributed by atoms with E-state index in [0.717, 1.165) is 28.2 Å². The molecule has 1 aliphatic rings. The predicted octanol–water partition coefficient (Wildman–Crippen LogP) is 6.36. The second kappa shape index (κ2) is 7.35. The number of pyridine rings is 1. The molecule has 0 saturated carbocycles. The van der Waals surface area contributed by atoms with E-state index in [-0.39, 0.29) is 5.78 Å². The maximum atomic E-state index is 13.4. The van der Waals surface area contributed by atoms with E-state index < -0.39 is 0 Å². The molecule has 0 atom stereocenters. The molecule has 142 valence electrons. The third kappa shape index (κ3) is 3.28. The lowest BCUT2D eigenvalue weighted by atomic mass is 9.98. The van der Waals surface area contributed by atoms with E-state index in [0.29, 0.717) is 28.4 Å². The summed E-state index contributed by atoms with van der Waals surface area (Å²) in [5.41, 5.74) is 5.74. The van der Waals surface area contributed by atoms with Crippen LogP contribution in [0.25, 0.3) is 11.1 Å². The number of rotatable bonds is 3. The van der Waals surface area contributed by atoms with E-state index in [2.05, 4.69) is 21.0 Å². The molecule has 2 aromatic carbocycles. The van der Waals surface area contributed by atoms with Gasteiger partial charge in [-0.3, -0.25) is 4.79 Å². The topological polar surface area (TPSA) is 54.0 Å². The molecule has 0 unspecified atom stereocenters. The highest BCUT2D eigenvalue weighted by Gasteiger charge is 2.22. The monoisotopic (exact) mass is 417 g/mol. The van der Waals surface area contributed by atoms with Crippen LogP contribution >= 0.6 is 22.9 Å². The summed E-state index contributed by atoms with van der Waals surface area (Å²) in [5, 5.41) is 11.2. The molecule has 6 heteroatoms. The van der Waals surface area contributed by atoms with Gasteiger partial charge in [-0.05, 0) is 58.3 Å². The third-order valence-corrected chi connectivity index (χ3v) is 5.98. The van der Waals surface area contributed by atoms with Crippen molar-refractivity contribution in [2.24, 2.45) is 0 Å². The normalized spacial score (nSPS) is 12.2. The minimum Gasteiger partial charge on any atom is -0.379 e. The van der Waals surface area contributed by atoms with Gasteiger partial charge in [0.2, 0.25) is 0 Å². The highest BCUT2D eigenvalue weighted by Crippen LogP contribution is 2.36. The van der Waals surface area contributed by atoms with E-state index in [4.69, 9.17) is 11.6 Å². The van der Waals surface area contributed by atoms with Crippen molar-refractivity contribution in [3.05, 3.63) is 93.3 Å². The summed E-state index contributed by atoms with van der Waals surface area (Å²) >= 11 is 8.15. The first-order chi connectivity index (χ1) is 14.2. The van der Waals surface area contributed by atoms with Crippen LogP contribution in [0.4, 0.5) is 17.2 Å². The van der Waals surface area contributed by atoms with Gasteiger partial charge in [0, 0.05) is 29.4 Å². The number of ketones is 1. The Hall–Kier alpha value is -3.15. The molecule has 4 nitrogen and oxygen atoms in total. The number of fused-ring (bicyclic) bond motifs is 2. The average molecular weight is 418 g/mol. The molecule has 0 fully saturated rings. The Kier molecular flexibility index (Phi) is 4.54. The maximum absolute atomic E-state index is 13.4. The van der Waals surface area contributed by atoms with Crippen LogP contribution in [-0.2, 0) is 6.54 Å². The number of carbonyl (C=O) groups is 1. The number of benzene rings is 2. The molecule has 0 aliphatic carbocycles. The SMILES string of the molecule is O=C(c1ccc(-c2ccsc2)cc1Cl)c1cccc2c1Nc1ncccc1CN2. The molecule has 3 heterocycles. The van der Waals surface area contributed by atoms with Gasteiger partial charge in [-0.1, -0.05) is 29.8 Å². The van der Waals surface area contributed by atoms with E-state index >= 15 is 0 Å². The molecule has 1 aliphatic heterocycles. The Morgan fingerprint density at radius 2 is 1.97 bits per heavy atom. The van der Waals surface area contributed by atoms with Crippen molar-refractivity contribution in [2.75, 3.05) is 10.6 Å². The largest absolute Gasteiger partial charge is 0.379 e. The van der Waals surface area contributed by atoms with Crippen LogP contribution in [0.1, 0.15) is 21.5 Å².